The molecule has 1 aliphatic heterocycles. The van der Waals surface area contributed by atoms with E-state index in [2.05, 4.69) is 39.0 Å². The summed E-state index contributed by atoms with van der Waals surface area (Å²) in [6.07, 6.45) is -0.774. The second-order valence-electron chi connectivity index (χ2n) is 12.1. The maximum Gasteiger partial charge on any atom is 0.573 e. The molecule has 2 amide bonds. The number of thioether (sulfide) groups is 1. The Kier molecular flexibility index (Phi) is 9.58. The minimum atomic E-state index is -4.76. The zero-order valence-electron chi connectivity index (χ0n) is 26.5. The number of alkyl halides is 3. The topological polar surface area (TPSA) is 108 Å². The monoisotopic (exact) mass is 677 g/mol. The molecule has 3 atom stereocenters. The van der Waals surface area contributed by atoms with E-state index >= 15 is 0 Å². The number of carbonyl (C=O) groups is 2. The summed E-state index contributed by atoms with van der Waals surface area (Å²) < 4.78 is 48.2. The van der Waals surface area contributed by atoms with Crippen LogP contribution in [0.5, 0.6) is 11.5 Å². The number of ketones is 1. The Balaban J connectivity index is 1.07. The number of halogens is 3. The van der Waals surface area contributed by atoms with Crippen molar-refractivity contribution < 1.29 is 32.2 Å². The quantitative estimate of drug-likeness (QED) is 0.203. The van der Waals surface area contributed by atoms with Crippen molar-refractivity contribution in [2.75, 3.05) is 12.9 Å². The zero-order valence-corrected chi connectivity index (χ0v) is 27.3. The van der Waals surface area contributed by atoms with Gasteiger partial charge in [-0.2, -0.15) is 4.99 Å². The number of aliphatic imine (C=N–C) groups is 1. The summed E-state index contributed by atoms with van der Waals surface area (Å²) in [6.45, 7) is 4.13. The minimum absolute atomic E-state index is 0.0374. The number of nitrogens with zero attached hydrogens (tertiary/aromatic N) is 4. The highest BCUT2D eigenvalue weighted by atomic mass is 32.2. The Bertz CT molecular complexity index is 1820. The van der Waals surface area contributed by atoms with E-state index in [0.717, 1.165) is 47.3 Å². The van der Waals surface area contributed by atoms with Crippen LogP contribution in [0, 0.1) is 0 Å². The number of amides is 2. The highest BCUT2D eigenvalue weighted by molar-refractivity contribution is 8.15. The van der Waals surface area contributed by atoms with Gasteiger partial charge in [0.25, 0.3) is 0 Å². The Morgan fingerprint density at radius 2 is 1.77 bits per heavy atom. The number of urea groups is 1. The molecular formula is C35H34F3N5O4S. The van der Waals surface area contributed by atoms with Gasteiger partial charge in [0.05, 0.1) is 29.5 Å². The van der Waals surface area contributed by atoms with Crippen molar-refractivity contribution in [3.8, 4) is 28.6 Å². The molecule has 2 fully saturated rings. The molecular weight excluding hydrogens is 643 g/mol. The number of benzene rings is 3. The number of rotatable bonds is 8. The first-order chi connectivity index (χ1) is 23.0. The summed E-state index contributed by atoms with van der Waals surface area (Å²) in [5.74, 6) is 1.07. The van der Waals surface area contributed by atoms with Crippen LogP contribution in [0.3, 0.4) is 0 Å². The number of methoxy groups -OCH3 is 1. The van der Waals surface area contributed by atoms with E-state index < -0.39 is 18.3 Å². The van der Waals surface area contributed by atoms with Gasteiger partial charge in [0.1, 0.15) is 17.8 Å². The predicted octanol–water partition coefficient (Wildman–Crippen LogP) is 7.81. The SMILES string of the molecule is COc1ccc(C2C(=O)CS/C2=N\C(=O)NC2CCC(c3ccc(-c4ncn(-c5ccc(OC(F)(F)F)cc5)n4)cc3)C2)c(C(C)C)c1. The molecule has 0 bridgehead atoms. The largest absolute Gasteiger partial charge is 0.573 e. The van der Waals surface area contributed by atoms with E-state index in [-0.39, 0.29) is 35.2 Å². The molecule has 48 heavy (non-hydrogen) atoms. The van der Waals surface area contributed by atoms with E-state index in [1.54, 1.807) is 7.11 Å². The Hall–Kier alpha value is -4.65. The van der Waals surface area contributed by atoms with Crippen LogP contribution >= 0.6 is 11.8 Å². The zero-order chi connectivity index (χ0) is 34.0. The lowest BCUT2D eigenvalue weighted by Crippen LogP contribution is -2.31. The molecule has 1 aliphatic carbocycles. The Morgan fingerprint density at radius 3 is 2.46 bits per heavy atom. The molecule has 4 aromatic rings. The van der Waals surface area contributed by atoms with Crippen molar-refractivity contribution >= 4 is 28.6 Å². The average molecular weight is 678 g/mol. The first kappa shape index (κ1) is 33.3. The van der Waals surface area contributed by atoms with Gasteiger partial charge >= 0.3 is 12.4 Å². The van der Waals surface area contributed by atoms with Crippen LogP contribution in [-0.2, 0) is 4.79 Å². The molecule has 1 aromatic heterocycles. The van der Waals surface area contributed by atoms with Gasteiger partial charge in [-0.15, -0.1) is 30.0 Å². The first-order valence-electron chi connectivity index (χ1n) is 15.6. The predicted molar refractivity (Wildman–Crippen MR) is 177 cm³/mol. The van der Waals surface area contributed by atoms with Gasteiger partial charge in [0.15, 0.2) is 11.6 Å². The summed E-state index contributed by atoms with van der Waals surface area (Å²) in [5, 5.41) is 8.06. The van der Waals surface area contributed by atoms with Crippen molar-refractivity contribution in [2.24, 2.45) is 4.99 Å². The van der Waals surface area contributed by atoms with Crippen molar-refractivity contribution in [3.63, 3.8) is 0 Å². The van der Waals surface area contributed by atoms with E-state index in [0.29, 0.717) is 16.6 Å². The normalized spacial score (nSPS) is 20.4. The number of carbonyl (C=O) groups excluding carboxylic acids is 2. The fourth-order valence-corrected chi connectivity index (χ4v) is 7.27. The van der Waals surface area contributed by atoms with Gasteiger partial charge in [-0.05, 0) is 84.2 Å². The number of aromatic nitrogens is 3. The van der Waals surface area contributed by atoms with Crippen LogP contribution in [0.15, 0.2) is 78.0 Å². The maximum absolute atomic E-state index is 13.1. The molecule has 13 heteroatoms. The molecule has 6 rings (SSSR count). The molecule has 9 nitrogen and oxygen atoms in total. The number of Topliss-reactive ketones (excluding diaryl/α,β-unsaturated/α-hetero) is 1. The van der Waals surface area contributed by atoms with Crippen LogP contribution in [0.25, 0.3) is 17.1 Å². The second-order valence-corrected chi connectivity index (χ2v) is 13.1. The number of ether oxygens (including phenoxy) is 2. The van der Waals surface area contributed by atoms with Crippen LogP contribution < -0.4 is 14.8 Å². The number of hydrogen-bond acceptors (Lipinski definition) is 7. The van der Waals surface area contributed by atoms with E-state index in [1.165, 1.54) is 47.0 Å². The molecule has 3 aromatic carbocycles. The summed E-state index contributed by atoms with van der Waals surface area (Å²) in [6, 6.07) is 18.5. The molecule has 250 valence electrons. The highest BCUT2D eigenvalue weighted by Gasteiger charge is 2.36. The molecule has 0 radical (unpaired) electrons. The standard InChI is InChI=1S/C35H34F3N5O4S/c1-20(2)29-17-27(46-3)14-15-28(29)31-30(44)18-48-33(31)41-34(45)40-24-9-8-23(16-24)21-4-6-22(7-5-21)32-39-19-43(42-32)25-10-12-26(13-11-25)47-35(36,37)38/h4-7,10-15,17,19-20,23-24,31H,8-9,16,18H2,1-3H3,(H,40,45)/b41-33-. The molecule has 1 N–H and O–H groups in total. The van der Waals surface area contributed by atoms with Crippen LogP contribution in [0.1, 0.15) is 67.6 Å². The van der Waals surface area contributed by atoms with Crippen LogP contribution in [0.2, 0.25) is 0 Å². The van der Waals surface area contributed by atoms with Gasteiger partial charge < -0.3 is 14.8 Å². The Morgan fingerprint density at radius 1 is 1.04 bits per heavy atom. The highest BCUT2D eigenvalue weighted by Crippen LogP contribution is 2.39. The molecule has 1 saturated carbocycles. The van der Waals surface area contributed by atoms with Gasteiger partial charge in [0.2, 0.25) is 0 Å². The molecule has 1 saturated heterocycles. The molecule has 2 aliphatic rings. The van der Waals surface area contributed by atoms with Gasteiger partial charge in [-0.1, -0.05) is 44.2 Å². The summed E-state index contributed by atoms with van der Waals surface area (Å²) in [7, 11) is 1.61. The molecule has 2 heterocycles. The second kappa shape index (κ2) is 13.8. The van der Waals surface area contributed by atoms with Crippen LogP contribution in [-0.4, -0.2) is 56.9 Å². The van der Waals surface area contributed by atoms with Crippen LogP contribution in [0.4, 0.5) is 18.0 Å². The fourth-order valence-electron chi connectivity index (χ4n) is 6.24. The van der Waals surface area contributed by atoms with Crippen molar-refractivity contribution in [1.29, 1.82) is 0 Å². The summed E-state index contributed by atoms with van der Waals surface area (Å²) in [4.78, 5) is 34.8. The lowest BCUT2D eigenvalue weighted by atomic mass is 9.87. The third kappa shape index (κ3) is 7.56. The first-order valence-corrected chi connectivity index (χ1v) is 16.6. The molecule has 0 spiro atoms. The van der Waals surface area contributed by atoms with Crippen molar-refractivity contribution in [1.82, 2.24) is 20.1 Å². The maximum atomic E-state index is 13.1. The van der Waals surface area contributed by atoms with Gasteiger partial charge in [-0.25, -0.2) is 14.5 Å². The minimum Gasteiger partial charge on any atom is -0.497 e. The Labute approximate surface area is 280 Å². The van der Waals surface area contributed by atoms with E-state index in [1.807, 2.05) is 42.5 Å². The van der Waals surface area contributed by atoms with E-state index in [4.69, 9.17) is 4.74 Å². The third-order valence-electron chi connectivity index (χ3n) is 8.60. The van der Waals surface area contributed by atoms with Crippen molar-refractivity contribution in [2.45, 2.75) is 63.3 Å². The lowest BCUT2D eigenvalue weighted by molar-refractivity contribution is -0.274. The summed E-state index contributed by atoms with van der Waals surface area (Å²) in [5.41, 5.74) is 4.35. The smallest absolute Gasteiger partial charge is 0.497 e. The third-order valence-corrected chi connectivity index (χ3v) is 9.65. The van der Waals surface area contributed by atoms with E-state index in [9.17, 15) is 22.8 Å². The van der Waals surface area contributed by atoms with Gasteiger partial charge in [0, 0.05) is 11.6 Å². The number of hydrogen-bond donors (Lipinski definition) is 1. The molecule has 3 unspecified atom stereocenters. The summed E-state index contributed by atoms with van der Waals surface area (Å²) >= 11 is 1.32. The van der Waals surface area contributed by atoms with Crippen molar-refractivity contribution in [3.05, 3.63) is 89.7 Å². The van der Waals surface area contributed by atoms with Gasteiger partial charge in [-0.3, -0.25) is 4.79 Å². The fraction of sp³-hybridized carbons (Fsp3) is 0.343. The lowest BCUT2D eigenvalue weighted by Gasteiger charge is -2.19. The average Bonchev–Trinajstić information content (AvgIpc) is 3.81. The number of nitrogens with one attached hydrogen (secondary N) is 1.